The van der Waals surface area contributed by atoms with Crippen LogP contribution in [0.15, 0.2) is 30.5 Å². The average Bonchev–Trinajstić information content (AvgIpc) is 2.58. The van der Waals surface area contributed by atoms with E-state index in [1.165, 1.54) is 0 Å². The highest BCUT2D eigenvalue weighted by Crippen LogP contribution is 2.27. The molecule has 1 aromatic carbocycles. The number of anilines is 3. The van der Waals surface area contributed by atoms with Gasteiger partial charge in [0.05, 0.1) is 10.7 Å². The van der Waals surface area contributed by atoms with Gasteiger partial charge in [0.25, 0.3) is 0 Å². The maximum absolute atomic E-state index is 6.17. The van der Waals surface area contributed by atoms with Crippen molar-refractivity contribution in [1.82, 2.24) is 14.9 Å². The topological polar surface area (TPSA) is 44.3 Å². The highest BCUT2D eigenvalue weighted by molar-refractivity contribution is 6.35. The number of hydrogen-bond donors (Lipinski definition) is 1. The lowest BCUT2D eigenvalue weighted by molar-refractivity contribution is 0.270. The standard InChI is InChI=1S/C16H19Cl2N5/c1-2-22-7-9-23(10-8-22)15-5-6-19-16(21-15)20-14-11-12(17)3-4-13(14)18/h3-6,11H,2,7-10H2,1H3,(H,19,20,21). The van der Waals surface area contributed by atoms with Crippen molar-refractivity contribution in [1.29, 1.82) is 0 Å². The van der Waals surface area contributed by atoms with Gasteiger partial charge >= 0.3 is 0 Å². The number of hydrogen-bond acceptors (Lipinski definition) is 5. The van der Waals surface area contributed by atoms with Gasteiger partial charge in [0.1, 0.15) is 5.82 Å². The number of nitrogens with one attached hydrogen (secondary N) is 1. The zero-order valence-corrected chi connectivity index (χ0v) is 14.5. The van der Waals surface area contributed by atoms with Crippen LogP contribution in [0.3, 0.4) is 0 Å². The molecule has 23 heavy (non-hydrogen) atoms. The van der Waals surface area contributed by atoms with Crippen LogP contribution in [0.5, 0.6) is 0 Å². The van der Waals surface area contributed by atoms with Crippen LogP contribution < -0.4 is 10.2 Å². The summed E-state index contributed by atoms with van der Waals surface area (Å²) in [5.41, 5.74) is 0.701. The Kier molecular flexibility index (Phi) is 5.20. The van der Waals surface area contributed by atoms with Gasteiger partial charge in [0, 0.05) is 37.4 Å². The summed E-state index contributed by atoms with van der Waals surface area (Å²) in [4.78, 5) is 13.6. The fraction of sp³-hybridized carbons (Fsp3) is 0.375. The lowest BCUT2D eigenvalue weighted by Gasteiger charge is -2.34. The lowest BCUT2D eigenvalue weighted by Crippen LogP contribution is -2.46. The Bertz CT molecular complexity index is 671. The van der Waals surface area contributed by atoms with Crippen LogP contribution in [0, 0.1) is 0 Å². The summed E-state index contributed by atoms with van der Waals surface area (Å²) in [6.45, 7) is 7.35. The molecule has 2 heterocycles. The van der Waals surface area contributed by atoms with E-state index >= 15 is 0 Å². The van der Waals surface area contributed by atoms with Crippen LogP contribution in [0.25, 0.3) is 0 Å². The van der Waals surface area contributed by atoms with Gasteiger partial charge in [-0.3, -0.25) is 0 Å². The summed E-state index contributed by atoms with van der Waals surface area (Å²) in [5, 5.41) is 4.33. The van der Waals surface area contributed by atoms with Gasteiger partial charge in [0.2, 0.25) is 5.95 Å². The Labute approximate surface area is 146 Å². The third-order valence-electron chi connectivity index (χ3n) is 3.96. The summed E-state index contributed by atoms with van der Waals surface area (Å²) in [6.07, 6.45) is 1.76. The lowest BCUT2D eigenvalue weighted by atomic mass is 10.3. The number of rotatable bonds is 4. The van der Waals surface area contributed by atoms with E-state index < -0.39 is 0 Å². The minimum atomic E-state index is 0.518. The quantitative estimate of drug-likeness (QED) is 0.910. The fourth-order valence-corrected chi connectivity index (χ4v) is 2.93. The van der Waals surface area contributed by atoms with Crippen LogP contribution in [0.1, 0.15) is 6.92 Å². The molecule has 3 rings (SSSR count). The number of halogens is 2. The second kappa shape index (κ2) is 7.34. The molecular weight excluding hydrogens is 333 g/mol. The van der Waals surface area contributed by atoms with Crippen molar-refractivity contribution in [2.24, 2.45) is 0 Å². The Balaban J connectivity index is 1.74. The van der Waals surface area contributed by atoms with Crippen LogP contribution in [-0.2, 0) is 0 Å². The van der Waals surface area contributed by atoms with Gasteiger partial charge in [0.15, 0.2) is 0 Å². The third kappa shape index (κ3) is 4.05. The van der Waals surface area contributed by atoms with Gasteiger partial charge < -0.3 is 15.1 Å². The normalized spacial score (nSPS) is 15.7. The van der Waals surface area contributed by atoms with Crippen LogP contribution in [-0.4, -0.2) is 47.6 Å². The number of benzene rings is 1. The van der Waals surface area contributed by atoms with Gasteiger partial charge in [-0.05, 0) is 30.8 Å². The van der Waals surface area contributed by atoms with Crippen LogP contribution >= 0.6 is 23.2 Å². The molecule has 5 nitrogen and oxygen atoms in total. The predicted molar refractivity (Wildman–Crippen MR) is 96.1 cm³/mol. The average molecular weight is 352 g/mol. The van der Waals surface area contributed by atoms with Gasteiger partial charge in [-0.1, -0.05) is 30.1 Å². The Morgan fingerprint density at radius 1 is 1.13 bits per heavy atom. The van der Waals surface area contributed by atoms with E-state index in [2.05, 4.69) is 32.0 Å². The highest BCUT2D eigenvalue weighted by Gasteiger charge is 2.17. The minimum absolute atomic E-state index is 0.518. The van der Waals surface area contributed by atoms with E-state index in [1.807, 2.05) is 6.07 Å². The Morgan fingerprint density at radius 3 is 2.65 bits per heavy atom. The van der Waals surface area contributed by atoms with Crippen molar-refractivity contribution in [2.75, 3.05) is 42.9 Å². The van der Waals surface area contributed by atoms with E-state index in [1.54, 1.807) is 24.4 Å². The highest BCUT2D eigenvalue weighted by atomic mass is 35.5. The van der Waals surface area contributed by atoms with Crippen molar-refractivity contribution >= 4 is 40.7 Å². The van der Waals surface area contributed by atoms with E-state index in [-0.39, 0.29) is 0 Å². The number of nitrogens with zero attached hydrogens (tertiary/aromatic N) is 4. The first kappa shape index (κ1) is 16.3. The zero-order valence-electron chi connectivity index (χ0n) is 13.0. The second-order valence-corrected chi connectivity index (χ2v) is 6.25. The number of likely N-dealkylation sites (N-methyl/N-ethyl adjacent to an activating group) is 1. The third-order valence-corrected chi connectivity index (χ3v) is 4.52. The zero-order chi connectivity index (χ0) is 16.2. The molecule has 0 atom stereocenters. The molecule has 1 fully saturated rings. The molecular formula is C16H19Cl2N5. The first-order valence-electron chi connectivity index (χ1n) is 7.68. The van der Waals surface area contributed by atoms with E-state index in [0.29, 0.717) is 21.7 Å². The molecule has 2 aromatic rings. The molecule has 0 amide bonds. The van der Waals surface area contributed by atoms with Crippen LogP contribution in [0.4, 0.5) is 17.5 Å². The SMILES string of the molecule is CCN1CCN(c2ccnc(Nc3cc(Cl)ccc3Cl)n2)CC1. The molecule has 0 saturated carbocycles. The molecule has 1 saturated heterocycles. The van der Waals surface area contributed by atoms with Crippen molar-refractivity contribution in [3.63, 3.8) is 0 Å². The molecule has 122 valence electrons. The molecule has 1 aromatic heterocycles. The molecule has 0 unspecified atom stereocenters. The van der Waals surface area contributed by atoms with Crippen molar-refractivity contribution < 1.29 is 0 Å². The largest absolute Gasteiger partial charge is 0.354 e. The maximum Gasteiger partial charge on any atom is 0.229 e. The van der Waals surface area contributed by atoms with Crippen molar-refractivity contribution in [3.05, 3.63) is 40.5 Å². The Morgan fingerprint density at radius 2 is 1.91 bits per heavy atom. The Hall–Kier alpha value is -1.56. The maximum atomic E-state index is 6.17. The first-order valence-corrected chi connectivity index (χ1v) is 8.43. The smallest absolute Gasteiger partial charge is 0.229 e. The van der Waals surface area contributed by atoms with Crippen molar-refractivity contribution in [3.8, 4) is 0 Å². The molecule has 1 aliphatic rings. The minimum Gasteiger partial charge on any atom is -0.354 e. The monoisotopic (exact) mass is 351 g/mol. The summed E-state index contributed by atoms with van der Waals surface area (Å²) in [6, 6.07) is 7.20. The van der Waals surface area contributed by atoms with E-state index in [4.69, 9.17) is 23.2 Å². The number of piperazine rings is 1. The molecule has 1 N–H and O–H groups in total. The van der Waals surface area contributed by atoms with Crippen molar-refractivity contribution in [2.45, 2.75) is 6.92 Å². The van der Waals surface area contributed by atoms with Gasteiger partial charge in [-0.2, -0.15) is 4.98 Å². The molecule has 7 heteroatoms. The summed E-state index contributed by atoms with van der Waals surface area (Å²) >= 11 is 12.2. The summed E-state index contributed by atoms with van der Waals surface area (Å²) < 4.78 is 0. The fourth-order valence-electron chi connectivity index (χ4n) is 2.59. The van der Waals surface area contributed by atoms with E-state index in [9.17, 15) is 0 Å². The summed E-state index contributed by atoms with van der Waals surface area (Å²) in [5.74, 6) is 1.45. The number of aromatic nitrogens is 2. The van der Waals surface area contributed by atoms with E-state index in [0.717, 1.165) is 38.5 Å². The summed E-state index contributed by atoms with van der Waals surface area (Å²) in [7, 11) is 0. The predicted octanol–water partition coefficient (Wildman–Crippen LogP) is 3.67. The molecule has 0 spiro atoms. The molecule has 0 radical (unpaired) electrons. The van der Waals surface area contributed by atoms with Gasteiger partial charge in [-0.15, -0.1) is 0 Å². The van der Waals surface area contributed by atoms with Crippen LogP contribution in [0.2, 0.25) is 10.0 Å². The second-order valence-electron chi connectivity index (χ2n) is 5.41. The molecule has 0 aliphatic carbocycles. The first-order chi connectivity index (χ1) is 11.2. The molecule has 1 aliphatic heterocycles. The molecule has 0 bridgehead atoms. The van der Waals surface area contributed by atoms with Gasteiger partial charge in [-0.25, -0.2) is 4.98 Å².